The largest absolute Gasteiger partial charge is 0.368 e. The molecule has 5 rings (SSSR count). The monoisotopic (exact) mass is 303 g/mol. The summed E-state index contributed by atoms with van der Waals surface area (Å²) in [6.45, 7) is 9.16. The first-order chi connectivity index (χ1) is 10.3. The Bertz CT molecular complexity index is 632. The fourth-order valence-electron chi connectivity index (χ4n) is 3.33. The predicted octanol–water partition coefficient (Wildman–Crippen LogP) is 1.67. The van der Waals surface area contributed by atoms with E-state index in [1.807, 2.05) is 0 Å². The maximum atomic E-state index is 4.69. The number of aromatic nitrogens is 2. The Kier molecular flexibility index (Phi) is 3.52. The summed E-state index contributed by atoms with van der Waals surface area (Å²) in [5.74, 6) is 1.94. The maximum Gasteiger partial charge on any atom is 0.138 e. The molecule has 3 aliphatic heterocycles. The number of hydrogen-bond acceptors (Lipinski definition) is 6. The summed E-state index contributed by atoms with van der Waals surface area (Å²) >= 11 is 1.69. The maximum absolute atomic E-state index is 4.69. The minimum absolute atomic E-state index is 0.612. The Hall–Kier alpha value is -1.24. The van der Waals surface area contributed by atoms with E-state index in [9.17, 15) is 0 Å². The molecule has 1 unspecified atom stereocenters. The van der Waals surface area contributed by atoms with Crippen LogP contribution in [0, 0.1) is 0 Å². The van der Waals surface area contributed by atoms with Crippen LogP contribution in [0.2, 0.25) is 0 Å². The normalized spacial score (nSPS) is 28.1. The third kappa shape index (κ3) is 2.52. The van der Waals surface area contributed by atoms with E-state index in [1.54, 1.807) is 11.3 Å². The number of fused-ring (bicyclic) bond motifs is 4. The zero-order valence-corrected chi connectivity index (χ0v) is 13.2. The molecule has 21 heavy (non-hydrogen) atoms. The van der Waals surface area contributed by atoms with Gasteiger partial charge in [-0.05, 0) is 11.4 Å². The second-order valence-electron chi connectivity index (χ2n) is 5.85. The number of aryl methyl sites for hydroxylation is 1. The molecule has 0 radical (unpaired) electrons. The fourth-order valence-corrected chi connectivity index (χ4v) is 4.11. The molecule has 0 spiro atoms. The van der Waals surface area contributed by atoms with Gasteiger partial charge in [0.15, 0.2) is 0 Å². The van der Waals surface area contributed by atoms with Crippen molar-refractivity contribution in [3.63, 3.8) is 0 Å². The second-order valence-corrected chi connectivity index (χ2v) is 6.75. The lowest BCUT2D eigenvalue weighted by Gasteiger charge is -2.47. The number of anilines is 1. The minimum Gasteiger partial charge on any atom is -0.368 e. The number of nitrogens with one attached hydrogen (secondary N) is 1. The van der Waals surface area contributed by atoms with Crippen LogP contribution in [0.5, 0.6) is 0 Å². The van der Waals surface area contributed by atoms with Gasteiger partial charge in [-0.2, -0.15) is 0 Å². The van der Waals surface area contributed by atoms with E-state index < -0.39 is 0 Å². The molecule has 0 amide bonds. The van der Waals surface area contributed by atoms with Gasteiger partial charge in [-0.3, -0.25) is 9.80 Å². The van der Waals surface area contributed by atoms with Gasteiger partial charge >= 0.3 is 0 Å². The molecular formula is C15H21N5S. The lowest BCUT2D eigenvalue weighted by atomic mass is 10.1. The summed E-state index contributed by atoms with van der Waals surface area (Å²) in [4.78, 5) is 15.6. The molecule has 0 aliphatic carbocycles. The highest BCUT2D eigenvalue weighted by molar-refractivity contribution is 7.16. The smallest absolute Gasteiger partial charge is 0.138 e. The van der Waals surface area contributed by atoms with Gasteiger partial charge in [0, 0.05) is 51.7 Å². The topological polar surface area (TPSA) is 44.3 Å². The van der Waals surface area contributed by atoms with Gasteiger partial charge in [0.25, 0.3) is 0 Å². The van der Waals surface area contributed by atoms with Crippen LogP contribution in [0.4, 0.5) is 5.82 Å². The van der Waals surface area contributed by atoms with Gasteiger partial charge in [-0.25, -0.2) is 9.97 Å². The number of piperazine rings is 3. The van der Waals surface area contributed by atoms with E-state index in [0.29, 0.717) is 6.04 Å². The molecule has 0 saturated carbocycles. The molecule has 0 aromatic carbocycles. The average molecular weight is 303 g/mol. The first-order valence-corrected chi connectivity index (χ1v) is 8.66. The van der Waals surface area contributed by atoms with Crippen molar-refractivity contribution in [3.8, 4) is 0 Å². The summed E-state index contributed by atoms with van der Waals surface area (Å²) < 4.78 is 0. The summed E-state index contributed by atoms with van der Waals surface area (Å²) in [5.41, 5.74) is 0. The zero-order valence-electron chi connectivity index (χ0n) is 12.4. The zero-order chi connectivity index (χ0) is 14.2. The van der Waals surface area contributed by atoms with Crippen molar-refractivity contribution in [2.75, 3.05) is 44.6 Å². The average Bonchev–Trinajstić information content (AvgIpc) is 3.02. The van der Waals surface area contributed by atoms with Crippen LogP contribution in [-0.4, -0.2) is 65.1 Å². The van der Waals surface area contributed by atoms with E-state index >= 15 is 0 Å². The van der Waals surface area contributed by atoms with Gasteiger partial charge < -0.3 is 5.32 Å². The van der Waals surface area contributed by atoms with Crippen LogP contribution >= 0.6 is 11.3 Å². The summed E-state index contributed by atoms with van der Waals surface area (Å²) in [6, 6.07) is 2.74. The predicted molar refractivity (Wildman–Crippen MR) is 87.1 cm³/mol. The molecule has 2 bridgehead atoms. The lowest BCUT2D eigenvalue weighted by molar-refractivity contribution is 0.0189. The van der Waals surface area contributed by atoms with Crippen molar-refractivity contribution in [1.29, 1.82) is 0 Å². The highest BCUT2D eigenvalue weighted by atomic mass is 32.1. The highest BCUT2D eigenvalue weighted by Crippen LogP contribution is 2.25. The van der Waals surface area contributed by atoms with Gasteiger partial charge in [0.1, 0.15) is 16.5 Å². The van der Waals surface area contributed by atoms with E-state index in [1.165, 1.54) is 32.7 Å². The van der Waals surface area contributed by atoms with Crippen LogP contribution in [0.3, 0.4) is 0 Å². The Labute approximate surface area is 129 Å². The molecule has 112 valence electrons. The van der Waals surface area contributed by atoms with E-state index in [2.05, 4.69) is 38.5 Å². The third-order valence-electron chi connectivity index (χ3n) is 4.58. The minimum atomic E-state index is 0.612. The van der Waals surface area contributed by atoms with Gasteiger partial charge in [0.05, 0.1) is 5.39 Å². The molecule has 2 aromatic heterocycles. The van der Waals surface area contributed by atoms with E-state index in [-0.39, 0.29) is 0 Å². The van der Waals surface area contributed by atoms with Crippen LogP contribution in [0.25, 0.3) is 10.2 Å². The Morgan fingerprint density at radius 1 is 1.29 bits per heavy atom. The Morgan fingerprint density at radius 2 is 2.14 bits per heavy atom. The molecule has 3 fully saturated rings. The fraction of sp³-hybridized carbons (Fsp3) is 0.600. The Morgan fingerprint density at radius 3 is 2.86 bits per heavy atom. The Balaban J connectivity index is 1.53. The first-order valence-electron chi connectivity index (χ1n) is 7.78. The molecule has 5 heterocycles. The van der Waals surface area contributed by atoms with Crippen LogP contribution in [-0.2, 0) is 6.42 Å². The number of rotatable bonds is 4. The van der Waals surface area contributed by atoms with Gasteiger partial charge in [0.2, 0.25) is 0 Å². The SMILES string of the molecule is CCc1nc(NCC2CN3CCN2CC3)c2ccsc2n1. The number of nitrogens with zero attached hydrogens (tertiary/aromatic N) is 4. The van der Waals surface area contributed by atoms with Crippen molar-refractivity contribution < 1.29 is 0 Å². The van der Waals surface area contributed by atoms with Crippen molar-refractivity contribution in [2.24, 2.45) is 0 Å². The molecule has 1 N–H and O–H groups in total. The van der Waals surface area contributed by atoms with Crippen LogP contribution in [0.15, 0.2) is 11.4 Å². The molecule has 2 aromatic rings. The third-order valence-corrected chi connectivity index (χ3v) is 5.39. The summed E-state index contributed by atoms with van der Waals surface area (Å²) in [7, 11) is 0. The molecule has 5 nitrogen and oxygen atoms in total. The van der Waals surface area contributed by atoms with Gasteiger partial charge in [-0.15, -0.1) is 11.3 Å². The van der Waals surface area contributed by atoms with Crippen LogP contribution in [0.1, 0.15) is 12.7 Å². The van der Waals surface area contributed by atoms with E-state index in [4.69, 9.17) is 4.98 Å². The molecule has 3 saturated heterocycles. The number of thiophene rings is 1. The standard InChI is InChI=1S/C15H21N5S/c1-2-13-17-14(12-3-8-21-15(12)18-13)16-9-11-10-19-4-6-20(11)7-5-19/h3,8,11H,2,4-7,9-10H2,1H3,(H,16,17,18). The summed E-state index contributed by atoms with van der Waals surface area (Å²) in [6.07, 6.45) is 0.881. The molecular weight excluding hydrogens is 282 g/mol. The molecule has 6 heteroatoms. The first kappa shape index (κ1) is 13.4. The van der Waals surface area contributed by atoms with Crippen molar-refractivity contribution in [3.05, 3.63) is 17.3 Å². The summed E-state index contributed by atoms with van der Waals surface area (Å²) in [5, 5.41) is 6.85. The van der Waals surface area contributed by atoms with Crippen molar-refractivity contribution in [1.82, 2.24) is 19.8 Å². The second kappa shape index (κ2) is 5.51. The molecule has 1 atom stereocenters. The van der Waals surface area contributed by atoms with Crippen molar-refractivity contribution >= 4 is 27.4 Å². The number of hydrogen-bond donors (Lipinski definition) is 1. The highest BCUT2D eigenvalue weighted by Gasteiger charge is 2.31. The van der Waals surface area contributed by atoms with Crippen LogP contribution < -0.4 is 5.32 Å². The quantitative estimate of drug-likeness (QED) is 0.931. The van der Waals surface area contributed by atoms with E-state index in [0.717, 1.165) is 34.8 Å². The molecule has 3 aliphatic rings. The lowest BCUT2D eigenvalue weighted by Crippen LogP contribution is -2.62. The van der Waals surface area contributed by atoms with Crippen molar-refractivity contribution in [2.45, 2.75) is 19.4 Å². The van der Waals surface area contributed by atoms with Gasteiger partial charge in [-0.1, -0.05) is 6.92 Å².